The molecule has 5 rings (SSSR count). The Labute approximate surface area is 230 Å². The molecule has 7 unspecified atom stereocenters. The van der Waals surface area contributed by atoms with Crippen LogP contribution < -0.4 is 0 Å². The van der Waals surface area contributed by atoms with Crippen molar-refractivity contribution in [3.05, 3.63) is 47.6 Å². The topological polar surface area (TPSA) is 0 Å². The van der Waals surface area contributed by atoms with E-state index in [1.807, 2.05) is 0 Å². The molecule has 0 spiro atoms. The van der Waals surface area contributed by atoms with Crippen molar-refractivity contribution in [3.8, 4) is 0 Å². The van der Waals surface area contributed by atoms with Crippen molar-refractivity contribution in [2.24, 2.45) is 69.0 Å². The smallest absolute Gasteiger partial charge is 0.00924 e. The van der Waals surface area contributed by atoms with Crippen LogP contribution in [0.1, 0.15) is 114 Å². The van der Waals surface area contributed by atoms with Gasteiger partial charge < -0.3 is 0 Å². The summed E-state index contributed by atoms with van der Waals surface area (Å²) in [6.45, 7) is 24.6. The lowest BCUT2D eigenvalue weighted by molar-refractivity contribution is -0.0218. The molecule has 0 aromatic rings. The number of rotatable bonds is 2. The van der Waals surface area contributed by atoms with Crippen molar-refractivity contribution < 1.29 is 0 Å². The van der Waals surface area contributed by atoms with Crippen LogP contribution in [0.15, 0.2) is 47.6 Å². The molecule has 0 nitrogen and oxygen atoms in total. The van der Waals surface area contributed by atoms with E-state index in [4.69, 9.17) is 0 Å². The van der Waals surface area contributed by atoms with Crippen LogP contribution >= 0.6 is 0 Å². The van der Waals surface area contributed by atoms with Crippen LogP contribution in [0.4, 0.5) is 0 Å². The molecular weight excluding hydrogens is 444 g/mol. The molecule has 37 heavy (non-hydrogen) atoms. The molecule has 0 heteroatoms. The predicted molar refractivity (Wildman–Crippen MR) is 161 cm³/mol. The van der Waals surface area contributed by atoms with Crippen molar-refractivity contribution in [2.45, 2.75) is 114 Å². The Kier molecular flexibility index (Phi) is 6.89. The maximum atomic E-state index is 2.75. The van der Waals surface area contributed by atoms with Gasteiger partial charge in [-0.15, -0.1) is 0 Å². The molecule has 3 fully saturated rings. The van der Waals surface area contributed by atoms with Gasteiger partial charge in [0, 0.05) is 0 Å². The summed E-state index contributed by atoms with van der Waals surface area (Å²) in [7, 11) is 0. The summed E-state index contributed by atoms with van der Waals surface area (Å²) in [4.78, 5) is 0. The van der Waals surface area contributed by atoms with Gasteiger partial charge in [-0.3, -0.25) is 0 Å². The molecule has 0 radical (unpaired) electrons. The van der Waals surface area contributed by atoms with Gasteiger partial charge >= 0.3 is 0 Å². The van der Waals surface area contributed by atoms with Crippen LogP contribution in [-0.4, -0.2) is 0 Å². The third kappa shape index (κ3) is 4.80. The van der Waals surface area contributed by atoms with Gasteiger partial charge in [-0.1, -0.05) is 125 Å². The first kappa shape index (κ1) is 27.5. The second kappa shape index (κ2) is 9.27. The molecule has 7 atom stereocenters. The fraction of sp³-hybridized carbons (Fsp3) is 0.784. The quantitative estimate of drug-likeness (QED) is 0.352. The van der Waals surface area contributed by atoms with Gasteiger partial charge in [-0.05, 0) is 106 Å². The van der Waals surface area contributed by atoms with Gasteiger partial charge in [0.25, 0.3) is 0 Å². The SMILES string of the molecule is CC1CC(C(C)(C)C)CC1C1(C2C3C=CC(C(C)(C)C)=CC3C3C=C(C(C)(C)C)C=CC32)CCCCC1. The van der Waals surface area contributed by atoms with Crippen LogP contribution in [0.3, 0.4) is 0 Å². The van der Waals surface area contributed by atoms with E-state index in [9.17, 15) is 0 Å². The maximum absolute atomic E-state index is 2.75. The Balaban J connectivity index is 1.60. The zero-order chi connectivity index (χ0) is 27.0. The minimum atomic E-state index is 0.221. The molecular formula is C37H58. The fourth-order valence-corrected chi connectivity index (χ4v) is 9.83. The fourth-order valence-electron chi connectivity index (χ4n) is 9.83. The molecule has 3 saturated carbocycles. The Morgan fingerprint density at radius 3 is 1.54 bits per heavy atom. The average molecular weight is 503 g/mol. The van der Waals surface area contributed by atoms with Crippen LogP contribution in [0.25, 0.3) is 0 Å². The Morgan fingerprint density at radius 2 is 1.14 bits per heavy atom. The maximum Gasteiger partial charge on any atom is -0.00924 e. The summed E-state index contributed by atoms with van der Waals surface area (Å²) in [6.07, 6.45) is 26.3. The Bertz CT molecular complexity index is 919. The second-order valence-corrected chi connectivity index (χ2v) is 17.2. The van der Waals surface area contributed by atoms with E-state index in [1.54, 1.807) is 11.1 Å². The van der Waals surface area contributed by atoms with Crippen molar-refractivity contribution >= 4 is 0 Å². The lowest BCUT2D eigenvalue weighted by Crippen LogP contribution is -2.45. The standard InChI is InChI=1S/C37H58/c1-24-20-27(36(8,9)10)23-32(24)37(18-12-11-13-19-37)33-28-16-14-25(34(2,3)4)21-30(28)31-22-26(35(5,6)7)15-17-29(31)33/h14-17,21-22,24,27-33H,11-13,18-20,23H2,1-10H3. The van der Waals surface area contributed by atoms with Crippen LogP contribution in [0.2, 0.25) is 0 Å². The van der Waals surface area contributed by atoms with Crippen LogP contribution in [0.5, 0.6) is 0 Å². The summed E-state index contributed by atoms with van der Waals surface area (Å²) in [5.74, 6) is 6.13. The molecule has 5 aliphatic rings. The Hall–Kier alpha value is -1.04. The minimum Gasteiger partial charge on any atom is -0.0802 e. The van der Waals surface area contributed by atoms with E-state index in [0.29, 0.717) is 34.5 Å². The molecule has 0 saturated heterocycles. The summed E-state index contributed by atoms with van der Waals surface area (Å²) >= 11 is 0. The predicted octanol–water partition coefficient (Wildman–Crippen LogP) is 10.8. The highest BCUT2D eigenvalue weighted by molar-refractivity contribution is 5.40. The molecule has 0 amide bonds. The van der Waals surface area contributed by atoms with E-state index in [-0.39, 0.29) is 10.8 Å². The van der Waals surface area contributed by atoms with Crippen molar-refractivity contribution in [2.75, 3.05) is 0 Å². The molecule has 206 valence electrons. The molecule has 0 aliphatic heterocycles. The number of fused-ring (bicyclic) bond motifs is 3. The number of hydrogen-bond acceptors (Lipinski definition) is 0. The molecule has 0 N–H and O–H groups in total. The minimum absolute atomic E-state index is 0.221. The van der Waals surface area contributed by atoms with Crippen molar-refractivity contribution in [3.63, 3.8) is 0 Å². The monoisotopic (exact) mass is 502 g/mol. The average Bonchev–Trinajstić information content (AvgIpc) is 3.36. The van der Waals surface area contributed by atoms with Gasteiger partial charge in [0.1, 0.15) is 0 Å². The number of hydrogen-bond donors (Lipinski definition) is 0. The van der Waals surface area contributed by atoms with E-state index in [0.717, 1.165) is 23.7 Å². The third-order valence-electron chi connectivity index (χ3n) is 11.9. The van der Waals surface area contributed by atoms with E-state index < -0.39 is 0 Å². The van der Waals surface area contributed by atoms with Crippen LogP contribution in [-0.2, 0) is 0 Å². The van der Waals surface area contributed by atoms with Gasteiger partial charge in [-0.25, -0.2) is 0 Å². The van der Waals surface area contributed by atoms with Crippen molar-refractivity contribution in [1.29, 1.82) is 0 Å². The van der Waals surface area contributed by atoms with Crippen LogP contribution in [0, 0.1) is 69.0 Å². The highest BCUT2D eigenvalue weighted by Crippen LogP contribution is 2.67. The first-order valence-corrected chi connectivity index (χ1v) is 15.9. The van der Waals surface area contributed by atoms with Gasteiger partial charge in [-0.2, -0.15) is 0 Å². The zero-order valence-corrected chi connectivity index (χ0v) is 26.0. The van der Waals surface area contributed by atoms with Gasteiger partial charge in [0.05, 0.1) is 0 Å². The molecule has 0 aromatic carbocycles. The molecule has 0 heterocycles. The zero-order valence-electron chi connectivity index (χ0n) is 26.0. The molecule has 0 bridgehead atoms. The highest BCUT2D eigenvalue weighted by atomic mass is 14.6. The first-order valence-electron chi connectivity index (χ1n) is 15.9. The summed E-state index contributed by atoms with van der Waals surface area (Å²) in [6, 6.07) is 0. The van der Waals surface area contributed by atoms with Crippen molar-refractivity contribution in [1.82, 2.24) is 0 Å². The Morgan fingerprint density at radius 1 is 0.649 bits per heavy atom. The summed E-state index contributed by atoms with van der Waals surface area (Å²) in [5, 5.41) is 0. The normalized spacial score (nSPS) is 39.7. The molecule has 5 aliphatic carbocycles. The molecule has 0 aromatic heterocycles. The highest BCUT2D eigenvalue weighted by Gasteiger charge is 2.61. The van der Waals surface area contributed by atoms with E-state index in [2.05, 4.69) is 106 Å². The van der Waals surface area contributed by atoms with E-state index >= 15 is 0 Å². The lowest BCUT2D eigenvalue weighted by atomic mass is 9.52. The van der Waals surface area contributed by atoms with E-state index in [1.165, 1.54) is 44.9 Å². The van der Waals surface area contributed by atoms with Gasteiger partial charge in [0.2, 0.25) is 0 Å². The third-order valence-corrected chi connectivity index (χ3v) is 11.9. The van der Waals surface area contributed by atoms with Gasteiger partial charge in [0.15, 0.2) is 0 Å². The lowest BCUT2D eigenvalue weighted by Gasteiger charge is -2.52. The number of allylic oxidation sites excluding steroid dienone is 8. The first-order chi connectivity index (χ1) is 17.1. The largest absolute Gasteiger partial charge is 0.0802 e. The summed E-state index contributed by atoms with van der Waals surface area (Å²) < 4.78 is 0. The second-order valence-electron chi connectivity index (χ2n) is 17.2. The summed E-state index contributed by atoms with van der Waals surface area (Å²) in [5.41, 5.74) is 4.51.